The second kappa shape index (κ2) is 5.97. The molecule has 0 amide bonds. The third kappa shape index (κ3) is 3.05. The molecule has 0 radical (unpaired) electrons. The lowest BCUT2D eigenvalue weighted by Crippen LogP contribution is -2.36. The highest BCUT2D eigenvalue weighted by molar-refractivity contribution is 9.10. The van der Waals surface area contributed by atoms with Crippen LogP contribution in [0, 0.1) is 5.92 Å². The first kappa shape index (κ1) is 13.6. The van der Waals surface area contributed by atoms with E-state index in [-0.39, 0.29) is 0 Å². The molecule has 3 rings (SSSR count). The van der Waals surface area contributed by atoms with Crippen LogP contribution in [0.4, 0.5) is 0 Å². The van der Waals surface area contributed by atoms with Crippen molar-refractivity contribution in [1.82, 2.24) is 5.32 Å². The molecule has 104 valence electrons. The molecule has 1 aromatic rings. The number of rotatable bonds is 3. The van der Waals surface area contributed by atoms with E-state index in [1.54, 1.807) is 0 Å². The second-order valence-corrected chi connectivity index (χ2v) is 7.20. The molecule has 19 heavy (non-hydrogen) atoms. The van der Waals surface area contributed by atoms with Crippen LogP contribution in [0.2, 0.25) is 0 Å². The molecule has 0 saturated heterocycles. The van der Waals surface area contributed by atoms with Gasteiger partial charge in [-0.3, -0.25) is 0 Å². The lowest BCUT2D eigenvalue weighted by atomic mass is 9.84. The van der Waals surface area contributed by atoms with E-state index in [2.05, 4.69) is 46.4 Å². The van der Waals surface area contributed by atoms with Crippen molar-refractivity contribution in [2.75, 3.05) is 0 Å². The van der Waals surface area contributed by atoms with Gasteiger partial charge in [-0.15, -0.1) is 0 Å². The monoisotopic (exact) mass is 321 g/mol. The molecule has 2 heteroatoms. The van der Waals surface area contributed by atoms with Gasteiger partial charge < -0.3 is 5.32 Å². The van der Waals surface area contributed by atoms with Gasteiger partial charge in [-0.25, -0.2) is 0 Å². The average Bonchev–Trinajstić information content (AvgIpc) is 2.82. The Hall–Kier alpha value is -0.340. The van der Waals surface area contributed by atoms with Crippen LogP contribution in [0.15, 0.2) is 22.7 Å². The number of hydrogen-bond acceptors (Lipinski definition) is 1. The summed E-state index contributed by atoms with van der Waals surface area (Å²) < 4.78 is 1.22. The predicted molar refractivity (Wildman–Crippen MR) is 84.4 cm³/mol. The third-order valence-corrected chi connectivity index (χ3v) is 5.50. The quantitative estimate of drug-likeness (QED) is 0.826. The highest BCUT2D eigenvalue weighted by atomic mass is 79.9. The lowest BCUT2D eigenvalue weighted by molar-refractivity contribution is 0.264. The van der Waals surface area contributed by atoms with Gasteiger partial charge in [-0.1, -0.05) is 41.3 Å². The minimum absolute atomic E-state index is 0.583. The van der Waals surface area contributed by atoms with Crippen molar-refractivity contribution in [3.05, 3.63) is 33.8 Å². The number of nitrogens with one attached hydrogen (secondary N) is 1. The van der Waals surface area contributed by atoms with E-state index >= 15 is 0 Å². The summed E-state index contributed by atoms with van der Waals surface area (Å²) in [5.74, 6) is 0.897. The molecule has 1 aromatic carbocycles. The normalized spacial score (nSPS) is 25.3. The largest absolute Gasteiger partial charge is 0.307 e. The van der Waals surface area contributed by atoms with Crippen LogP contribution in [0.25, 0.3) is 0 Å². The number of aryl methyl sites for hydroxylation is 1. The van der Waals surface area contributed by atoms with Crippen LogP contribution in [-0.2, 0) is 6.42 Å². The van der Waals surface area contributed by atoms with Crippen LogP contribution in [-0.4, -0.2) is 6.04 Å². The van der Waals surface area contributed by atoms with Crippen molar-refractivity contribution < 1.29 is 0 Å². The van der Waals surface area contributed by atoms with Gasteiger partial charge in [0, 0.05) is 16.6 Å². The molecule has 0 spiro atoms. The van der Waals surface area contributed by atoms with Gasteiger partial charge in [0.15, 0.2) is 0 Å². The summed E-state index contributed by atoms with van der Waals surface area (Å²) in [4.78, 5) is 0. The molecule has 2 atom stereocenters. The van der Waals surface area contributed by atoms with Crippen LogP contribution < -0.4 is 5.32 Å². The summed E-state index contributed by atoms with van der Waals surface area (Å²) in [6.45, 7) is 2.40. The number of hydrogen-bond donors (Lipinski definition) is 1. The SMILES string of the molecule is CC(NC1CCc2cc(Br)ccc21)C1CCCCC1. The molecule has 1 nitrogen and oxygen atoms in total. The van der Waals surface area contributed by atoms with E-state index in [0.717, 1.165) is 5.92 Å². The van der Waals surface area contributed by atoms with Gasteiger partial charge in [0.25, 0.3) is 0 Å². The topological polar surface area (TPSA) is 12.0 Å². The summed E-state index contributed by atoms with van der Waals surface area (Å²) in [6, 6.07) is 8.03. The molecule has 2 aliphatic rings. The predicted octanol–water partition coefficient (Wildman–Crippen LogP) is 4.99. The van der Waals surface area contributed by atoms with Gasteiger partial charge in [-0.05, 0) is 61.8 Å². The van der Waals surface area contributed by atoms with Gasteiger partial charge in [-0.2, -0.15) is 0 Å². The molecule has 0 aliphatic heterocycles. The molecule has 1 fully saturated rings. The Labute approximate surface area is 125 Å². The molecular formula is C17H24BrN. The minimum atomic E-state index is 0.583. The van der Waals surface area contributed by atoms with E-state index in [4.69, 9.17) is 0 Å². The summed E-state index contributed by atoms with van der Waals surface area (Å²) in [6.07, 6.45) is 9.66. The van der Waals surface area contributed by atoms with Gasteiger partial charge >= 0.3 is 0 Å². The zero-order valence-corrected chi connectivity index (χ0v) is 13.4. The first-order chi connectivity index (χ1) is 9.24. The van der Waals surface area contributed by atoms with Crippen LogP contribution in [0.5, 0.6) is 0 Å². The van der Waals surface area contributed by atoms with Crippen molar-refractivity contribution in [2.24, 2.45) is 5.92 Å². The van der Waals surface area contributed by atoms with Crippen LogP contribution >= 0.6 is 15.9 Å². The summed E-state index contributed by atoms with van der Waals surface area (Å²) in [7, 11) is 0. The van der Waals surface area contributed by atoms with Crippen molar-refractivity contribution in [3.8, 4) is 0 Å². The van der Waals surface area contributed by atoms with Gasteiger partial charge in [0.05, 0.1) is 0 Å². The molecule has 1 N–H and O–H groups in total. The Bertz CT molecular complexity index is 437. The fourth-order valence-corrected chi connectivity index (χ4v) is 4.26. The molecule has 0 bridgehead atoms. The van der Waals surface area contributed by atoms with E-state index in [0.29, 0.717) is 12.1 Å². The number of halogens is 1. The van der Waals surface area contributed by atoms with Crippen molar-refractivity contribution in [2.45, 2.75) is 64.0 Å². The van der Waals surface area contributed by atoms with E-state index in [1.165, 1.54) is 60.5 Å². The zero-order valence-electron chi connectivity index (χ0n) is 11.8. The zero-order chi connectivity index (χ0) is 13.2. The Morgan fingerprint density at radius 3 is 2.74 bits per heavy atom. The van der Waals surface area contributed by atoms with Crippen LogP contribution in [0.1, 0.15) is 62.6 Å². The van der Waals surface area contributed by atoms with Crippen LogP contribution in [0.3, 0.4) is 0 Å². The fourth-order valence-electron chi connectivity index (χ4n) is 3.85. The standard InChI is InChI=1S/C17H24BrN/c1-12(13-5-3-2-4-6-13)19-17-10-7-14-11-15(18)8-9-16(14)17/h8-9,11-13,17,19H,2-7,10H2,1H3. The van der Waals surface area contributed by atoms with Crippen molar-refractivity contribution in [1.29, 1.82) is 0 Å². The van der Waals surface area contributed by atoms with E-state index in [1.807, 2.05) is 0 Å². The highest BCUT2D eigenvalue weighted by Crippen LogP contribution is 2.35. The first-order valence-electron chi connectivity index (χ1n) is 7.78. The maximum atomic E-state index is 3.91. The molecule has 0 heterocycles. The molecule has 0 aromatic heterocycles. The average molecular weight is 322 g/mol. The lowest BCUT2D eigenvalue weighted by Gasteiger charge is -2.31. The molecule has 1 saturated carbocycles. The van der Waals surface area contributed by atoms with Gasteiger partial charge in [0.1, 0.15) is 0 Å². The Morgan fingerprint density at radius 2 is 1.95 bits per heavy atom. The number of fused-ring (bicyclic) bond motifs is 1. The number of benzene rings is 1. The molecule has 2 unspecified atom stereocenters. The van der Waals surface area contributed by atoms with Crippen molar-refractivity contribution >= 4 is 15.9 Å². The maximum absolute atomic E-state index is 3.91. The Morgan fingerprint density at radius 1 is 1.16 bits per heavy atom. The molecule has 2 aliphatic carbocycles. The molecular weight excluding hydrogens is 298 g/mol. The highest BCUT2D eigenvalue weighted by Gasteiger charge is 2.27. The Kier molecular flexibility index (Phi) is 4.28. The minimum Gasteiger partial charge on any atom is -0.307 e. The van der Waals surface area contributed by atoms with E-state index in [9.17, 15) is 0 Å². The summed E-state index contributed by atoms with van der Waals surface area (Å²) in [5, 5.41) is 3.91. The summed E-state index contributed by atoms with van der Waals surface area (Å²) in [5.41, 5.74) is 3.06. The smallest absolute Gasteiger partial charge is 0.0328 e. The van der Waals surface area contributed by atoms with Crippen molar-refractivity contribution in [3.63, 3.8) is 0 Å². The third-order valence-electron chi connectivity index (χ3n) is 5.00. The first-order valence-corrected chi connectivity index (χ1v) is 8.58. The second-order valence-electron chi connectivity index (χ2n) is 6.29. The Balaban J connectivity index is 1.65. The van der Waals surface area contributed by atoms with Gasteiger partial charge in [0.2, 0.25) is 0 Å². The fraction of sp³-hybridized carbons (Fsp3) is 0.647. The summed E-state index contributed by atoms with van der Waals surface area (Å²) >= 11 is 3.58. The van der Waals surface area contributed by atoms with E-state index < -0.39 is 0 Å². The maximum Gasteiger partial charge on any atom is 0.0328 e.